The molecule has 0 amide bonds. The lowest BCUT2D eigenvalue weighted by atomic mass is 10.1. The van der Waals surface area contributed by atoms with Crippen LogP contribution in [0.5, 0.6) is 0 Å². The molecule has 0 aliphatic rings. The second-order valence-electron chi connectivity index (χ2n) is 7.41. The standard InChI is InChI=1S/C21H26N10/c1-29(2)12-22-18-16(15-10-8-7-9-11-15)25-17-19(23-13-30(3)4)27-21(24-14-31(5)6)28-20(17)26-18/h7-14H,1-6H3/b22-12?,23-13?,24-14+. The molecule has 160 valence electrons. The first kappa shape index (κ1) is 21.8. The molecule has 1 aromatic carbocycles. The van der Waals surface area contributed by atoms with Gasteiger partial charge in [-0.3, -0.25) is 0 Å². The summed E-state index contributed by atoms with van der Waals surface area (Å²) in [5, 5.41) is 0. The monoisotopic (exact) mass is 418 g/mol. The van der Waals surface area contributed by atoms with Gasteiger partial charge in [-0.25, -0.2) is 24.9 Å². The van der Waals surface area contributed by atoms with Crippen LogP contribution in [0, 0.1) is 0 Å². The van der Waals surface area contributed by atoms with Gasteiger partial charge in [0.05, 0.1) is 19.0 Å². The first-order valence-electron chi connectivity index (χ1n) is 9.60. The number of fused-ring (bicyclic) bond motifs is 1. The fourth-order valence-corrected chi connectivity index (χ4v) is 2.45. The minimum atomic E-state index is 0.247. The molecular formula is C21H26N10. The fourth-order valence-electron chi connectivity index (χ4n) is 2.45. The Kier molecular flexibility index (Phi) is 6.81. The summed E-state index contributed by atoms with van der Waals surface area (Å²) in [6.45, 7) is 0. The van der Waals surface area contributed by atoms with Crippen molar-refractivity contribution in [3.63, 3.8) is 0 Å². The van der Waals surface area contributed by atoms with E-state index < -0.39 is 0 Å². The van der Waals surface area contributed by atoms with E-state index in [-0.39, 0.29) is 5.95 Å². The molecule has 0 atom stereocenters. The zero-order valence-electron chi connectivity index (χ0n) is 18.6. The third-order valence-corrected chi connectivity index (χ3v) is 3.76. The first-order valence-corrected chi connectivity index (χ1v) is 9.60. The van der Waals surface area contributed by atoms with E-state index in [4.69, 9.17) is 4.98 Å². The van der Waals surface area contributed by atoms with E-state index in [1.807, 2.05) is 82.4 Å². The Morgan fingerprint density at radius 1 is 0.645 bits per heavy atom. The molecule has 0 radical (unpaired) electrons. The van der Waals surface area contributed by atoms with Crippen LogP contribution in [0.2, 0.25) is 0 Å². The van der Waals surface area contributed by atoms with Gasteiger partial charge < -0.3 is 14.7 Å². The maximum Gasteiger partial charge on any atom is 0.255 e. The van der Waals surface area contributed by atoms with E-state index in [1.54, 1.807) is 23.9 Å². The molecule has 31 heavy (non-hydrogen) atoms. The van der Waals surface area contributed by atoms with Crippen molar-refractivity contribution < 1.29 is 0 Å². The van der Waals surface area contributed by atoms with Crippen LogP contribution in [0.4, 0.5) is 17.6 Å². The third kappa shape index (κ3) is 5.78. The predicted octanol–water partition coefficient (Wildman–Crippen LogP) is 2.75. The van der Waals surface area contributed by atoms with Gasteiger partial charge in [0.25, 0.3) is 5.95 Å². The van der Waals surface area contributed by atoms with Gasteiger partial charge in [0, 0.05) is 47.8 Å². The Morgan fingerprint density at radius 2 is 1.23 bits per heavy atom. The zero-order valence-corrected chi connectivity index (χ0v) is 18.6. The van der Waals surface area contributed by atoms with Gasteiger partial charge in [-0.2, -0.15) is 9.97 Å². The minimum absolute atomic E-state index is 0.247. The average molecular weight is 419 g/mol. The van der Waals surface area contributed by atoms with Crippen molar-refractivity contribution in [3.05, 3.63) is 30.3 Å². The SMILES string of the molecule is CN(C)C=Nc1nc2nc(/N=C/N(C)C)nc(N=CN(C)C)c2nc1-c1ccccc1. The highest BCUT2D eigenvalue weighted by atomic mass is 15.2. The van der Waals surface area contributed by atoms with Crippen LogP contribution < -0.4 is 0 Å². The van der Waals surface area contributed by atoms with Crippen molar-refractivity contribution in [1.82, 2.24) is 34.6 Å². The van der Waals surface area contributed by atoms with Crippen molar-refractivity contribution in [2.24, 2.45) is 15.0 Å². The van der Waals surface area contributed by atoms with Crippen LogP contribution in [-0.4, -0.2) is 95.9 Å². The molecule has 10 nitrogen and oxygen atoms in total. The van der Waals surface area contributed by atoms with Gasteiger partial charge >= 0.3 is 0 Å². The predicted molar refractivity (Wildman–Crippen MR) is 126 cm³/mol. The lowest BCUT2D eigenvalue weighted by Crippen LogP contribution is -2.08. The Bertz CT molecular complexity index is 1120. The number of aliphatic imine (C=N–C) groups is 3. The van der Waals surface area contributed by atoms with E-state index in [9.17, 15) is 0 Å². The van der Waals surface area contributed by atoms with Crippen LogP contribution in [0.1, 0.15) is 0 Å². The van der Waals surface area contributed by atoms with Crippen molar-refractivity contribution in [1.29, 1.82) is 0 Å². The molecular weight excluding hydrogens is 392 g/mol. The third-order valence-electron chi connectivity index (χ3n) is 3.76. The largest absolute Gasteiger partial charge is 0.369 e. The molecule has 10 heteroatoms. The van der Waals surface area contributed by atoms with E-state index in [2.05, 4.69) is 29.9 Å². The summed E-state index contributed by atoms with van der Waals surface area (Å²) in [5.41, 5.74) is 2.36. The summed E-state index contributed by atoms with van der Waals surface area (Å²) in [7, 11) is 11.3. The number of aromatic nitrogens is 4. The molecule has 2 aromatic heterocycles. The van der Waals surface area contributed by atoms with Crippen LogP contribution in [-0.2, 0) is 0 Å². The van der Waals surface area contributed by atoms with Crippen molar-refractivity contribution >= 4 is 47.8 Å². The highest BCUT2D eigenvalue weighted by Gasteiger charge is 2.16. The number of nitrogens with zero attached hydrogens (tertiary/aromatic N) is 10. The summed E-state index contributed by atoms with van der Waals surface area (Å²) in [6, 6.07) is 9.77. The highest BCUT2D eigenvalue weighted by Crippen LogP contribution is 2.31. The molecule has 0 saturated heterocycles. The lowest BCUT2D eigenvalue weighted by Gasteiger charge is -2.10. The molecule has 0 spiro atoms. The van der Waals surface area contributed by atoms with Gasteiger partial charge in [-0.15, -0.1) is 0 Å². The molecule has 2 heterocycles. The van der Waals surface area contributed by atoms with E-state index in [0.717, 1.165) is 5.56 Å². The maximum absolute atomic E-state index is 4.82. The number of benzene rings is 1. The Labute approximate surface area is 181 Å². The van der Waals surface area contributed by atoms with Gasteiger partial charge in [0.15, 0.2) is 22.8 Å². The Morgan fingerprint density at radius 3 is 1.84 bits per heavy atom. The van der Waals surface area contributed by atoms with Crippen LogP contribution in [0.15, 0.2) is 45.3 Å². The lowest BCUT2D eigenvalue weighted by molar-refractivity contribution is 0.642. The highest BCUT2D eigenvalue weighted by molar-refractivity contribution is 5.88. The molecule has 0 saturated carbocycles. The average Bonchev–Trinajstić information content (AvgIpc) is 2.74. The van der Waals surface area contributed by atoms with Gasteiger partial charge in [0.2, 0.25) is 0 Å². The van der Waals surface area contributed by atoms with Crippen molar-refractivity contribution in [2.75, 3.05) is 42.3 Å². The summed E-state index contributed by atoms with van der Waals surface area (Å²) >= 11 is 0. The number of rotatable bonds is 7. The number of hydrogen-bond donors (Lipinski definition) is 0. The topological polar surface area (TPSA) is 98.4 Å². The Hall–Kier alpha value is -3.95. The molecule has 0 aliphatic carbocycles. The van der Waals surface area contributed by atoms with Crippen molar-refractivity contribution in [2.45, 2.75) is 0 Å². The summed E-state index contributed by atoms with van der Waals surface area (Å²) in [6.07, 6.45) is 4.96. The fraction of sp³-hybridized carbons (Fsp3) is 0.286. The smallest absolute Gasteiger partial charge is 0.255 e. The summed E-state index contributed by atoms with van der Waals surface area (Å²) in [4.78, 5) is 37.2. The Balaban J connectivity index is 2.29. The summed E-state index contributed by atoms with van der Waals surface area (Å²) in [5.74, 6) is 1.09. The molecule has 0 unspecified atom stereocenters. The van der Waals surface area contributed by atoms with Gasteiger partial charge in [0.1, 0.15) is 5.69 Å². The molecule has 3 aromatic rings. The van der Waals surface area contributed by atoms with Crippen molar-refractivity contribution in [3.8, 4) is 11.3 Å². The van der Waals surface area contributed by atoms with E-state index in [1.165, 1.54) is 0 Å². The van der Waals surface area contributed by atoms with E-state index >= 15 is 0 Å². The molecule has 0 aliphatic heterocycles. The molecule has 0 N–H and O–H groups in total. The second-order valence-corrected chi connectivity index (χ2v) is 7.41. The second kappa shape index (κ2) is 9.70. The molecule has 3 rings (SSSR count). The summed E-state index contributed by atoms with van der Waals surface area (Å²) < 4.78 is 0. The number of hydrogen-bond acceptors (Lipinski definition) is 7. The zero-order chi connectivity index (χ0) is 22.4. The molecule has 0 fully saturated rings. The first-order chi connectivity index (χ1) is 14.8. The minimum Gasteiger partial charge on any atom is -0.369 e. The quantitative estimate of drug-likeness (QED) is 0.430. The van der Waals surface area contributed by atoms with E-state index in [0.29, 0.717) is 28.5 Å². The van der Waals surface area contributed by atoms with Gasteiger partial charge in [-0.1, -0.05) is 30.3 Å². The normalized spacial score (nSPS) is 11.8. The molecule has 0 bridgehead atoms. The van der Waals surface area contributed by atoms with Gasteiger partial charge in [-0.05, 0) is 0 Å². The van der Waals surface area contributed by atoms with Crippen LogP contribution in [0.3, 0.4) is 0 Å². The van der Waals surface area contributed by atoms with Crippen LogP contribution in [0.25, 0.3) is 22.4 Å². The van der Waals surface area contributed by atoms with Crippen LogP contribution >= 0.6 is 0 Å². The maximum atomic E-state index is 4.82.